The van der Waals surface area contributed by atoms with E-state index >= 15 is 0 Å². The molecule has 0 spiro atoms. The molecular weight excluding hydrogens is 264 g/mol. The molecule has 19 heavy (non-hydrogen) atoms. The quantitative estimate of drug-likeness (QED) is 0.642. The van der Waals surface area contributed by atoms with Crippen LogP contribution in [0.5, 0.6) is 0 Å². The summed E-state index contributed by atoms with van der Waals surface area (Å²) < 4.78 is 1.69. The second-order valence-corrected chi connectivity index (χ2v) is 6.91. The van der Waals surface area contributed by atoms with Crippen LogP contribution in [0.25, 0.3) is 0 Å². The number of nitro groups is 1. The van der Waals surface area contributed by atoms with Crippen molar-refractivity contribution < 1.29 is 4.92 Å². The predicted octanol–water partition coefficient (Wildman–Crippen LogP) is 3.23. The molecule has 7 heteroatoms. The van der Waals surface area contributed by atoms with E-state index < -0.39 is 0 Å². The van der Waals surface area contributed by atoms with Gasteiger partial charge in [0, 0.05) is 17.3 Å². The van der Waals surface area contributed by atoms with Gasteiger partial charge in [-0.25, -0.2) is 4.68 Å². The standard InChI is InChI=1S/C12H22N4O2S/c1-8(2)15-11(13-7-12(4,5)19-6)10(16(17)18)9(3)14-15/h8,13H,7H2,1-6H3. The van der Waals surface area contributed by atoms with Crippen LogP contribution < -0.4 is 5.32 Å². The van der Waals surface area contributed by atoms with Gasteiger partial charge >= 0.3 is 5.69 Å². The van der Waals surface area contributed by atoms with Crippen LogP contribution in [0.3, 0.4) is 0 Å². The summed E-state index contributed by atoms with van der Waals surface area (Å²) in [6.07, 6.45) is 2.03. The lowest BCUT2D eigenvalue weighted by molar-refractivity contribution is -0.384. The van der Waals surface area contributed by atoms with Gasteiger partial charge in [0.1, 0.15) is 5.69 Å². The van der Waals surface area contributed by atoms with Gasteiger partial charge in [-0.3, -0.25) is 10.1 Å². The number of rotatable bonds is 6. The summed E-state index contributed by atoms with van der Waals surface area (Å²) in [6, 6.07) is 0.0762. The minimum Gasteiger partial charge on any atom is -0.363 e. The Kier molecular flexibility index (Phi) is 4.84. The van der Waals surface area contributed by atoms with Crippen LogP contribution in [0.2, 0.25) is 0 Å². The largest absolute Gasteiger partial charge is 0.363 e. The Labute approximate surface area is 118 Å². The second kappa shape index (κ2) is 5.81. The van der Waals surface area contributed by atoms with Crippen molar-refractivity contribution in [2.75, 3.05) is 18.1 Å². The number of hydrogen-bond donors (Lipinski definition) is 1. The fourth-order valence-corrected chi connectivity index (χ4v) is 1.88. The zero-order valence-electron chi connectivity index (χ0n) is 12.4. The number of anilines is 1. The van der Waals surface area contributed by atoms with Crippen LogP contribution in [0.1, 0.15) is 39.4 Å². The third-order valence-corrected chi connectivity index (χ3v) is 4.21. The third-order valence-electron chi connectivity index (χ3n) is 2.96. The molecule has 0 aliphatic rings. The van der Waals surface area contributed by atoms with Gasteiger partial charge in [-0.15, -0.1) is 0 Å². The van der Waals surface area contributed by atoms with Crippen molar-refractivity contribution in [2.24, 2.45) is 0 Å². The lowest BCUT2D eigenvalue weighted by atomic mass is 10.2. The Hall–Kier alpha value is -1.24. The minimum absolute atomic E-state index is 0.00779. The smallest absolute Gasteiger partial charge is 0.333 e. The maximum Gasteiger partial charge on any atom is 0.333 e. The summed E-state index contributed by atoms with van der Waals surface area (Å²) in [6.45, 7) is 10.4. The first-order valence-electron chi connectivity index (χ1n) is 6.22. The molecule has 6 nitrogen and oxygen atoms in total. The molecular formula is C12H22N4O2S. The summed E-state index contributed by atoms with van der Waals surface area (Å²) >= 11 is 1.72. The molecule has 108 valence electrons. The zero-order chi connectivity index (χ0) is 14.8. The number of hydrogen-bond acceptors (Lipinski definition) is 5. The number of aryl methyl sites for hydroxylation is 1. The fraction of sp³-hybridized carbons (Fsp3) is 0.750. The molecule has 0 fully saturated rings. The molecule has 1 rings (SSSR count). The van der Waals surface area contributed by atoms with Gasteiger partial charge in [-0.05, 0) is 40.9 Å². The van der Waals surface area contributed by atoms with E-state index in [0.717, 1.165) is 0 Å². The highest BCUT2D eigenvalue weighted by Gasteiger charge is 2.28. The van der Waals surface area contributed by atoms with Crippen LogP contribution >= 0.6 is 11.8 Å². The Morgan fingerprint density at radius 1 is 1.53 bits per heavy atom. The molecule has 0 amide bonds. The lowest BCUT2D eigenvalue weighted by Gasteiger charge is -2.23. The summed E-state index contributed by atoms with van der Waals surface area (Å²) in [5.74, 6) is 0.500. The Morgan fingerprint density at radius 2 is 2.11 bits per heavy atom. The maximum atomic E-state index is 11.2. The van der Waals surface area contributed by atoms with Crippen LogP contribution in [-0.2, 0) is 0 Å². The number of nitrogens with zero attached hydrogens (tertiary/aromatic N) is 3. The highest BCUT2D eigenvalue weighted by Crippen LogP contribution is 2.32. The van der Waals surface area contributed by atoms with E-state index in [2.05, 4.69) is 24.3 Å². The first kappa shape index (κ1) is 15.8. The number of nitrogens with one attached hydrogen (secondary N) is 1. The third kappa shape index (κ3) is 3.62. The van der Waals surface area contributed by atoms with Crippen molar-refractivity contribution in [3.63, 3.8) is 0 Å². The van der Waals surface area contributed by atoms with Gasteiger partial charge in [0.15, 0.2) is 0 Å². The van der Waals surface area contributed by atoms with E-state index in [4.69, 9.17) is 0 Å². The van der Waals surface area contributed by atoms with E-state index in [-0.39, 0.29) is 21.4 Å². The van der Waals surface area contributed by atoms with Crippen LogP contribution in [0.15, 0.2) is 0 Å². The first-order valence-corrected chi connectivity index (χ1v) is 7.44. The molecule has 0 aliphatic carbocycles. The summed E-state index contributed by atoms with van der Waals surface area (Å²) in [7, 11) is 0. The van der Waals surface area contributed by atoms with Gasteiger partial charge in [-0.1, -0.05) is 0 Å². The summed E-state index contributed by atoms with van der Waals surface area (Å²) in [5.41, 5.74) is 0.522. The van der Waals surface area contributed by atoms with Crippen molar-refractivity contribution in [1.82, 2.24) is 9.78 Å². The Bertz CT molecular complexity index is 469. The fourth-order valence-electron chi connectivity index (χ4n) is 1.66. The van der Waals surface area contributed by atoms with E-state index in [1.807, 2.05) is 20.1 Å². The van der Waals surface area contributed by atoms with Crippen LogP contribution in [-0.4, -0.2) is 32.3 Å². The molecule has 0 radical (unpaired) electrons. The molecule has 1 aromatic heterocycles. The molecule has 1 N–H and O–H groups in total. The molecule has 0 unspecified atom stereocenters. The first-order chi connectivity index (χ1) is 8.69. The van der Waals surface area contributed by atoms with Crippen molar-refractivity contribution >= 4 is 23.3 Å². The normalized spacial score (nSPS) is 11.9. The Balaban J connectivity index is 3.12. The summed E-state index contributed by atoms with van der Waals surface area (Å²) in [4.78, 5) is 10.8. The van der Waals surface area contributed by atoms with Crippen molar-refractivity contribution in [3.05, 3.63) is 15.8 Å². The van der Waals surface area contributed by atoms with Gasteiger partial charge in [-0.2, -0.15) is 16.9 Å². The number of aromatic nitrogens is 2. The molecule has 0 aliphatic heterocycles. The molecule has 0 atom stereocenters. The van der Waals surface area contributed by atoms with Crippen molar-refractivity contribution in [2.45, 2.75) is 45.4 Å². The van der Waals surface area contributed by atoms with Gasteiger partial charge in [0.25, 0.3) is 0 Å². The van der Waals surface area contributed by atoms with Crippen molar-refractivity contribution in [3.8, 4) is 0 Å². The topological polar surface area (TPSA) is 73.0 Å². The van der Waals surface area contributed by atoms with Crippen LogP contribution in [0.4, 0.5) is 11.5 Å². The summed E-state index contributed by atoms with van der Waals surface area (Å²) in [5, 5.41) is 18.6. The molecule has 0 saturated heterocycles. The van der Waals surface area contributed by atoms with E-state index in [1.54, 1.807) is 23.4 Å². The molecule has 1 heterocycles. The predicted molar refractivity (Wildman–Crippen MR) is 80.1 cm³/mol. The van der Waals surface area contributed by atoms with Crippen molar-refractivity contribution in [1.29, 1.82) is 0 Å². The molecule has 0 saturated carbocycles. The minimum atomic E-state index is -0.365. The van der Waals surface area contributed by atoms with Gasteiger partial charge in [0.2, 0.25) is 5.82 Å². The second-order valence-electron chi connectivity index (χ2n) is 5.40. The van der Waals surface area contributed by atoms with Gasteiger partial charge < -0.3 is 5.32 Å². The Morgan fingerprint density at radius 3 is 2.53 bits per heavy atom. The van der Waals surface area contributed by atoms with E-state index in [1.165, 1.54) is 0 Å². The van der Waals surface area contributed by atoms with Gasteiger partial charge in [0.05, 0.1) is 4.92 Å². The number of thioether (sulfide) groups is 1. The van der Waals surface area contributed by atoms with E-state index in [9.17, 15) is 10.1 Å². The monoisotopic (exact) mass is 286 g/mol. The van der Waals surface area contributed by atoms with E-state index in [0.29, 0.717) is 18.1 Å². The average molecular weight is 286 g/mol. The molecule has 0 bridgehead atoms. The zero-order valence-corrected chi connectivity index (χ0v) is 13.2. The average Bonchev–Trinajstić information content (AvgIpc) is 2.64. The molecule has 1 aromatic rings. The lowest BCUT2D eigenvalue weighted by Crippen LogP contribution is -2.27. The highest BCUT2D eigenvalue weighted by molar-refractivity contribution is 7.99. The highest BCUT2D eigenvalue weighted by atomic mass is 32.2. The SMILES string of the molecule is CSC(C)(C)CNc1c([N+](=O)[O-])c(C)nn1C(C)C. The maximum absolute atomic E-state index is 11.2. The molecule has 0 aromatic carbocycles. The van der Waals surface area contributed by atoms with Crippen LogP contribution in [0, 0.1) is 17.0 Å².